The first-order valence-electron chi connectivity index (χ1n) is 7.29. The molecule has 5 heteroatoms. The van der Waals surface area contributed by atoms with Crippen molar-refractivity contribution in [2.24, 2.45) is 5.92 Å². The first-order valence-corrected chi connectivity index (χ1v) is 8.78. The van der Waals surface area contributed by atoms with E-state index >= 15 is 0 Å². The van der Waals surface area contributed by atoms with E-state index < -0.39 is 10.0 Å². The van der Waals surface area contributed by atoms with E-state index in [1.54, 1.807) is 18.2 Å². The van der Waals surface area contributed by atoms with Gasteiger partial charge in [-0.3, -0.25) is 0 Å². The fourth-order valence-corrected chi connectivity index (χ4v) is 3.60. The van der Waals surface area contributed by atoms with Crippen LogP contribution >= 0.6 is 0 Å². The van der Waals surface area contributed by atoms with Crippen LogP contribution in [0.25, 0.3) is 11.1 Å². The highest BCUT2D eigenvalue weighted by molar-refractivity contribution is 7.89. The highest BCUT2D eigenvalue weighted by atomic mass is 32.2. The molecule has 118 valence electrons. The van der Waals surface area contributed by atoms with Crippen molar-refractivity contribution in [3.63, 3.8) is 0 Å². The van der Waals surface area contributed by atoms with Gasteiger partial charge in [-0.25, -0.2) is 13.1 Å². The summed E-state index contributed by atoms with van der Waals surface area (Å²) in [6, 6.07) is 16.4. The molecule has 0 saturated heterocycles. The molecule has 2 aromatic rings. The highest BCUT2D eigenvalue weighted by Gasteiger charge is 2.19. The van der Waals surface area contributed by atoms with Crippen molar-refractivity contribution in [3.05, 3.63) is 54.6 Å². The Bertz CT molecular complexity index is 699. The van der Waals surface area contributed by atoms with Gasteiger partial charge in [-0.1, -0.05) is 55.5 Å². The molecule has 0 aromatic heterocycles. The van der Waals surface area contributed by atoms with Crippen LogP contribution in [0.15, 0.2) is 59.5 Å². The number of sulfonamides is 1. The predicted octanol–water partition coefficient (Wildman–Crippen LogP) is 2.65. The molecular weight excluding hydrogens is 298 g/mol. The molecule has 2 aromatic carbocycles. The lowest BCUT2D eigenvalue weighted by Crippen LogP contribution is -2.29. The molecule has 22 heavy (non-hydrogen) atoms. The quantitative estimate of drug-likeness (QED) is 0.824. The molecule has 2 N–H and O–H groups in total. The average Bonchev–Trinajstić information content (AvgIpc) is 2.54. The molecule has 4 nitrogen and oxygen atoms in total. The SMILES string of the molecule is CC(CCO)CNS(=O)(=O)c1ccccc1-c1ccccc1. The Hall–Kier alpha value is -1.69. The molecule has 0 amide bonds. The number of benzene rings is 2. The van der Waals surface area contributed by atoms with Gasteiger partial charge in [0.2, 0.25) is 10.0 Å². The van der Waals surface area contributed by atoms with Crippen LogP contribution < -0.4 is 4.72 Å². The fraction of sp³-hybridized carbons (Fsp3) is 0.294. The molecule has 0 aliphatic rings. The molecule has 1 atom stereocenters. The van der Waals surface area contributed by atoms with E-state index in [0.29, 0.717) is 18.5 Å². The van der Waals surface area contributed by atoms with Gasteiger partial charge >= 0.3 is 0 Å². The first-order chi connectivity index (χ1) is 10.5. The molecule has 0 bridgehead atoms. The van der Waals surface area contributed by atoms with Gasteiger partial charge in [0.05, 0.1) is 4.90 Å². The lowest BCUT2D eigenvalue weighted by atomic mass is 10.1. The van der Waals surface area contributed by atoms with Crippen LogP contribution in [0.5, 0.6) is 0 Å². The summed E-state index contributed by atoms with van der Waals surface area (Å²) in [5.74, 6) is 0.0867. The highest BCUT2D eigenvalue weighted by Crippen LogP contribution is 2.26. The number of hydrogen-bond donors (Lipinski definition) is 2. The third kappa shape index (κ3) is 4.16. The van der Waals surface area contributed by atoms with E-state index in [9.17, 15) is 8.42 Å². The number of aliphatic hydroxyl groups is 1. The van der Waals surface area contributed by atoms with Gasteiger partial charge in [-0.2, -0.15) is 0 Å². The Labute approximate surface area is 131 Å². The van der Waals surface area contributed by atoms with Gasteiger partial charge in [0.1, 0.15) is 0 Å². The Morgan fingerprint density at radius 1 is 1.05 bits per heavy atom. The van der Waals surface area contributed by atoms with E-state index in [4.69, 9.17) is 5.11 Å². The van der Waals surface area contributed by atoms with Crippen molar-refractivity contribution in [2.45, 2.75) is 18.2 Å². The van der Waals surface area contributed by atoms with E-state index in [1.165, 1.54) is 0 Å². The van der Waals surface area contributed by atoms with Gasteiger partial charge in [-0.05, 0) is 24.0 Å². The lowest BCUT2D eigenvalue weighted by molar-refractivity contribution is 0.263. The van der Waals surface area contributed by atoms with Crippen molar-refractivity contribution >= 4 is 10.0 Å². The minimum atomic E-state index is -3.58. The molecule has 0 radical (unpaired) electrons. The maximum absolute atomic E-state index is 12.6. The van der Waals surface area contributed by atoms with Crippen LogP contribution in [0.3, 0.4) is 0 Å². The second kappa shape index (κ2) is 7.54. The number of hydrogen-bond acceptors (Lipinski definition) is 3. The zero-order chi connectivity index (χ0) is 16.0. The van der Waals surface area contributed by atoms with Crippen molar-refractivity contribution in [1.82, 2.24) is 4.72 Å². The van der Waals surface area contributed by atoms with Crippen LogP contribution in [-0.2, 0) is 10.0 Å². The molecule has 0 saturated carbocycles. The summed E-state index contributed by atoms with van der Waals surface area (Å²) in [5.41, 5.74) is 1.55. The van der Waals surface area contributed by atoms with Crippen molar-refractivity contribution in [2.75, 3.05) is 13.2 Å². The van der Waals surface area contributed by atoms with Gasteiger partial charge < -0.3 is 5.11 Å². The van der Waals surface area contributed by atoms with E-state index in [2.05, 4.69) is 4.72 Å². The molecule has 0 aliphatic carbocycles. The van der Waals surface area contributed by atoms with Crippen LogP contribution in [-0.4, -0.2) is 26.7 Å². The topological polar surface area (TPSA) is 66.4 Å². The smallest absolute Gasteiger partial charge is 0.241 e. The van der Waals surface area contributed by atoms with Crippen LogP contribution in [0.2, 0.25) is 0 Å². The first kappa shape index (κ1) is 16.7. The summed E-state index contributed by atoms with van der Waals surface area (Å²) in [7, 11) is -3.58. The van der Waals surface area contributed by atoms with Gasteiger partial charge in [0, 0.05) is 18.7 Å². The fourth-order valence-electron chi connectivity index (χ4n) is 2.21. The van der Waals surface area contributed by atoms with Crippen molar-refractivity contribution in [3.8, 4) is 11.1 Å². The number of nitrogens with one attached hydrogen (secondary N) is 1. The van der Waals surface area contributed by atoms with Crippen LogP contribution in [0, 0.1) is 5.92 Å². The molecule has 0 aliphatic heterocycles. The zero-order valence-corrected chi connectivity index (χ0v) is 13.4. The number of aliphatic hydroxyl groups excluding tert-OH is 1. The molecule has 1 unspecified atom stereocenters. The number of rotatable bonds is 7. The molecule has 2 rings (SSSR count). The Morgan fingerprint density at radius 2 is 1.68 bits per heavy atom. The standard InChI is InChI=1S/C17H21NO3S/c1-14(11-12-19)13-18-22(20,21)17-10-6-5-9-16(17)15-7-3-2-4-8-15/h2-10,14,18-19H,11-13H2,1H3. The maximum atomic E-state index is 12.6. The van der Waals surface area contributed by atoms with Crippen LogP contribution in [0.1, 0.15) is 13.3 Å². The summed E-state index contributed by atoms with van der Waals surface area (Å²) in [4.78, 5) is 0.275. The van der Waals surface area contributed by atoms with Crippen molar-refractivity contribution < 1.29 is 13.5 Å². The minimum absolute atomic E-state index is 0.0590. The minimum Gasteiger partial charge on any atom is -0.396 e. The monoisotopic (exact) mass is 319 g/mol. The average molecular weight is 319 g/mol. The van der Waals surface area contributed by atoms with E-state index in [1.807, 2.05) is 43.3 Å². The van der Waals surface area contributed by atoms with Gasteiger partial charge in [0.25, 0.3) is 0 Å². The molecule has 0 fully saturated rings. The van der Waals surface area contributed by atoms with Crippen LogP contribution in [0.4, 0.5) is 0 Å². The maximum Gasteiger partial charge on any atom is 0.241 e. The van der Waals surface area contributed by atoms with Gasteiger partial charge in [0.15, 0.2) is 0 Å². The van der Waals surface area contributed by atoms with Crippen molar-refractivity contribution in [1.29, 1.82) is 0 Å². The Morgan fingerprint density at radius 3 is 2.36 bits per heavy atom. The zero-order valence-electron chi connectivity index (χ0n) is 12.6. The Balaban J connectivity index is 2.28. The summed E-state index contributed by atoms with van der Waals surface area (Å²) in [5, 5.41) is 8.90. The lowest BCUT2D eigenvalue weighted by Gasteiger charge is -2.14. The molecular formula is C17H21NO3S. The third-order valence-corrected chi connectivity index (χ3v) is 4.99. The molecule has 0 heterocycles. The van der Waals surface area contributed by atoms with E-state index in [-0.39, 0.29) is 17.4 Å². The Kier molecular flexibility index (Phi) is 5.71. The summed E-state index contributed by atoms with van der Waals surface area (Å²) < 4.78 is 27.8. The normalized spacial score (nSPS) is 13.0. The van der Waals surface area contributed by atoms with Gasteiger partial charge in [-0.15, -0.1) is 0 Å². The molecule has 0 spiro atoms. The van der Waals surface area contributed by atoms with E-state index in [0.717, 1.165) is 5.56 Å². The largest absolute Gasteiger partial charge is 0.396 e. The third-order valence-electron chi connectivity index (χ3n) is 3.51. The second-order valence-corrected chi connectivity index (χ2v) is 7.07. The summed E-state index contributed by atoms with van der Waals surface area (Å²) in [6.45, 7) is 2.28. The summed E-state index contributed by atoms with van der Waals surface area (Å²) >= 11 is 0. The second-order valence-electron chi connectivity index (χ2n) is 5.33. The predicted molar refractivity (Wildman–Crippen MR) is 87.9 cm³/mol. The summed E-state index contributed by atoms with van der Waals surface area (Å²) in [6.07, 6.45) is 0.572.